The van der Waals surface area contributed by atoms with E-state index >= 15 is 0 Å². The van der Waals surface area contributed by atoms with Gasteiger partial charge in [-0.1, -0.05) is 62.4 Å². The molecular formula is C37H38F3IO4. The summed E-state index contributed by atoms with van der Waals surface area (Å²) in [5.41, 5.74) is -0.0801. The molecule has 2 fully saturated rings. The highest BCUT2D eigenvalue weighted by atomic mass is 127. The molecule has 2 saturated carbocycles. The Kier molecular flexibility index (Phi) is 10.7. The molecule has 4 nitrogen and oxygen atoms in total. The molecule has 0 N–H and O–H groups in total. The molecule has 238 valence electrons. The molecule has 0 amide bonds. The lowest BCUT2D eigenvalue weighted by atomic mass is 9.89. The van der Waals surface area contributed by atoms with Crippen molar-refractivity contribution in [1.82, 2.24) is 0 Å². The Bertz CT molecular complexity index is 1650. The monoisotopic (exact) mass is 730 g/mol. The maximum Gasteiger partial charge on any atom is 0.420 e. The molecule has 8 heteroatoms. The Labute approximate surface area is 275 Å². The number of rotatable bonds is 6. The summed E-state index contributed by atoms with van der Waals surface area (Å²) in [6.07, 6.45) is 5.09. The van der Waals surface area contributed by atoms with Crippen molar-refractivity contribution in [3.05, 3.63) is 80.9 Å². The molecule has 0 saturated heterocycles. The third-order valence-electron chi connectivity index (χ3n) is 9.07. The molecule has 6 rings (SSSR count). The van der Waals surface area contributed by atoms with E-state index in [1.165, 1.54) is 25.0 Å². The number of aldehydes is 2. The molecular weight excluding hydrogens is 692 g/mol. The van der Waals surface area contributed by atoms with Gasteiger partial charge in [-0.2, -0.15) is 13.2 Å². The van der Waals surface area contributed by atoms with E-state index < -0.39 is 11.7 Å². The minimum Gasteiger partial charge on any atom is -0.490 e. The third kappa shape index (κ3) is 7.81. The largest absolute Gasteiger partial charge is 0.490 e. The van der Waals surface area contributed by atoms with Crippen molar-refractivity contribution >= 4 is 56.7 Å². The van der Waals surface area contributed by atoms with Gasteiger partial charge in [0.25, 0.3) is 0 Å². The molecule has 0 radical (unpaired) electrons. The van der Waals surface area contributed by atoms with E-state index in [1.807, 2.05) is 30.3 Å². The fourth-order valence-electron chi connectivity index (χ4n) is 6.45. The number of ether oxygens (including phenoxy) is 2. The fraction of sp³-hybridized carbons (Fsp3) is 0.405. The summed E-state index contributed by atoms with van der Waals surface area (Å²) in [4.78, 5) is 22.5. The van der Waals surface area contributed by atoms with Gasteiger partial charge in [-0.05, 0) is 109 Å². The lowest BCUT2D eigenvalue weighted by molar-refractivity contribution is -0.138. The minimum atomic E-state index is -4.59. The summed E-state index contributed by atoms with van der Waals surface area (Å²) in [7, 11) is 0. The Balaban J connectivity index is 0.000000179. The van der Waals surface area contributed by atoms with Crippen LogP contribution in [0.25, 0.3) is 21.5 Å². The van der Waals surface area contributed by atoms with Crippen molar-refractivity contribution in [2.45, 2.75) is 83.6 Å². The lowest BCUT2D eigenvalue weighted by Crippen LogP contribution is -2.24. The molecule has 0 atom stereocenters. The number of carbonyl (C=O) groups is 2. The number of carbonyl (C=O) groups excluding carboxylic acids is 2. The van der Waals surface area contributed by atoms with Gasteiger partial charge in [0.05, 0.1) is 15.8 Å². The Hall–Kier alpha value is -3.14. The van der Waals surface area contributed by atoms with Crippen LogP contribution in [0.2, 0.25) is 0 Å². The first-order valence-electron chi connectivity index (χ1n) is 15.7. The Morgan fingerprint density at radius 3 is 1.58 bits per heavy atom. The standard InChI is InChI=1S/C19H19F3O2.C18H19IO2/c1-12-5-8-15(9-6-12)24-16-10-7-13-3-2-4-14(11-23)17(13)18(16)19(20,21)22;1-12-5-8-15(9-6-12)21-16-10-7-13-3-2-4-14(11-20)17(13)18(16)19/h2-4,7,10-12,15H,5-6,8-9H2,1H3;2-4,7,10-12,15H,5-6,8-9H2,1H3. The zero-order valence-electron chi connectivity index (χ0n) is 25.5. The van der Waals surface area contributed by atoms with E-state index in [0.717, 1.165) is 76.4 Å². The van der Waals surface area contributed by atoms with Crippen LogP contribution in [0.3, 0.4) is 0 Å². The van der Waals surface area contributed by atoms with E-state index in [-0.39, 0.29) is 22.8 Å². The van der Waals surface area contributed by atoms with Crippen LogP contribution in [0.4, 0.5) is 13.2 Å². The van der Waals surface area contributed by atoms with E-state index in [9.17, 15) is 22.8 Å². The summed E-state index contributed by atoms with van der Waals surface area (Å²) in [5.74, 6) is 2.15. The van der Waals surface area contributed by atoms with Gasteiger partial charge in [0.1, 0.15) is 17.1 Å². The van der Waals surface area contributed by atoms with Crippen LogP contribution in [-0.4, -0.2) is 24.8 Å². The SMILES string of the molecule is CC1CCC(Oc2ccc3cccc(C=O)c3c2C(F)(F)F)CC1.CC1CCC(Oc2ccc3cccc(C=O)c3c2I)CC1. The fourth-order valence-corrected chi connectivity index (χ4v) is 7.38. The summed E-state index contributed by atoms with van der Waals surface area (Å²) >= 11 is 2.30. The van der Waals surface area contributed by atoms with E-state index in [0.29, 0.717) is 23.7 Å². The zero-order valence-corrected chi connectivity index (χ0v) is 27.7. The second-order valence-corrected chi connectivity index (χ2v) is 13.5. The van der Waals surface area contributed by atoms with Crippen molar-refractivity contribution in [3.63, 3.8) is 0 Å². The van der Waals surface area contributed by atoms with Crippen LogP contribution in [0.1, 0.15) is 91.5 Å². The number of halogens is 4. The zero-order chi connectivity index (χ0) is 32.1. The number of alkyl halides is 3. The molecule has 2 aliphatic rings. The van der Waals surface area contributed by atoms with Crippen LogP contribution in [0, 0.1) is 15.4 Å². The van der Waals surface area contributed by atoms with Crippen LogP contribution < -0.4 is 9.47 Å². The average Bonchev–Trinajstić information content (AvgIpc) is 3.03. The minimum absolute atomic E-state index is 0.0301. The average molecular weight is 731 g/mol. The molecule has 0 aromatic heterocycles. The quantitative estimate of drug-likeness (QED) is 0.146. The van der Waals surface area contributed by atoms with Gasteiger partial charge >= 0.3 is 6.18 Å². The first-order valence-corrected chi connectivity index (χ1v) is 16.7. The molecule has 4 aromatic rings. The normalized spacial score (nSPS) is 21.9. The highest BCUT2D eigenvalue weighted by Gasteiger charge is 2.38. The van der Waals surface area contributed by atoms with Gasteiger partial charge in [-0.15, -0.1) is 0 Å². The number of hydrogen-bond donors (Lipinski definition) is 0. The molecule has 0 heterocycles. The molecule has 45 heavy (non-hydrogen) atoms. The summed E-state index contributed by atoms with van der Waals surface area (Å²) in [5, 5.41) is 2.40. The number of benzene rings is 4. The Morgan fingerprint density at radius 1 is 0.644 bits per heavy atom. The van der Waals surface area contributed by atoms with Gasteiger partial charge in [-0.25, -0.2) is 0 Å². The predicted molar refractivity (Wildman–Crippen MR) is 180 cm³/mol. The van der Waals surface area contributed by atoms with Gasteiger partial charge in [0.2, 0.25) is 0 Å². The maximum atomic E-state index is 13.7. The van der Waals surface area contributed by atoms with Crippen molar-refractivity contribution in [3.8, 4) is 11.5 Å². The van der Waals surface area contributed by atoms with Crippen LogP contribution in [0.5, 0.6) is 11.5 Å². The van der Waals surface area contributed by atoms with Crippen LogP contribution in [-0.2, 0) is 6.18 Å². The third-order valence-corrected chi connectivity index (χ3v) is 10.1. The summed E-state index contributed by atoms with van der Waals surface area (Å²) in [6.45, 7) is 4.45. The van der Waals surface area contributed by atoms with Crippen molar-refractivity contribution in [2.24, 2.45) is 11.8 Å². The topological polar surface area (TPSA) is 52.6 Å². The first-order chi connectivity index (χ1) is 21.6. The molecule has 4 aromatic carbocycles. The number of hydrogen-bond acceptors (Lipinski definition) is 4. The van der Waals surface area contributed by atoms with Crippen molar-refractivity contribution in [1.29, 1.82) is 0 Å². The smallest absolute Gasteiger partial charge is 0.420 e. The van der Waals surface area contributed by atoms with Gasteiger partial charge in [0.15, 0.2) is 12.6 Å². The molecule has 0 aliphatic heterocycles. The predicted octanol–water partition coefficient (Wildman–Crippen LogP) is 10.8. The Morgan fingerprint density at radius 2 is 1.09 bits per heavy atom. The molecule has 0 spiro atoms. The van der Waals surface area contributed by atoms with Crippen LogP contribution >= 0.6 is 22.6 Å². The molecule has 0 unspecified atom stereocenters. The van der Waals surface area contributed by atoms with Crippen molar-refractivity contribution in [2.75, 3.05) is 0 Å². The van der Waals surface area contributed by atoms with Gasteiger partial charge in [0, 0.05) is 21.9 Å². The lowest BCUT2D eigenvalue weighted by Gasteiger charge is -2.28. The maximum absolute atomic E-state index is 13.7. The van der Waals surface area contributed by atoms with Gasteiger partial charge in [-0.3, -0.25) is 9.59 Å². The van der Waals surface area contributed by atoms with E-state index in [4.69, 9.17) is 9.47 Å². The highest BCUT2D eigenvalue weighted by molar-refractivity contribution is 14.1. The highest BCUT2D eigenvalue weighted by Crippen LogP contribution is 2.43. The summed E-state index contributed by atoms with van der Waals surface area (Å²) in [6, 6.07) is 17.4. The second kappa shape index (κ2) is 14.5. The van der Waals surface area contributed by atoms with Gasteiger partial charge < -0.3 is 9.47 Å². The van der Waals surface area contributed by atoms with E-state index in [1.54, 1.807) is 18.2 Å². The number of fused-ring (bicyclic) bond motifs is 2. The van der Waals surface area contributed by atoms with E-state index in [2.05, 4.69) is 36.4 Å². The first kappa shape index (κ1) is 33.2. The summed E-state index contributed by atoms with van der Waals surface area (Å²) < 4.78 is 54.1. The van der Waals surface area contributed by atoms with Crippen molar-refractivity contribution < 1.29 is 32.2 Å². The van der Waals surface area contributed by atoms with Crippen LogP contribution in [0.15, 0.2) is 60.7 Å². The second-order valence-electron chi connectivity index (χ2n) is 12.4. The molecule has 2 aliphatic carbocycles. The molecule has 0 bridgehead atoms.